The molecule has 2 aromatic carbocycles. The van der Waals surface area contributed by atoms with Crippen LogP contribution in [0.4, 0.5) is 10.1 Å². The van der Waals surface area contributed by atoms with Gasteiger partial charge in [0, 0.05) is 55.2 Å². The van der Waals surface area contributed by atoms with Crippen LogP contribution in [0, 0.1) is 5.82 Å². The Morgan fingerprint density at radius 2 is 1.90 bits per heavy atom. The van der Waals surface area contributed by atoms with Gasteiger partial charge in [0.15, 0.2) is 0 Å². The van der Waals surface area contributed by atoms with Gasteiger partial charge < -0.3 is 19.9 Å². The maximum absolute atomic E-state index is 15.2. The van der Waals surface area contributed by atoms with Crippen molar-refractivity contribution in [2.45, 2.75) is 58.2 Å². The van der Waals surface area contributed by atoms with Crippen LogP contribution in [-0.2, 0) is 9.57 Å². The zero-order valence-corrected chi connectivity index (χ0v) is 23.5. The topological polar surface area (TPSA) is 57.3 Å². The number of benzene rings is 2. The Morgan fingerprint density at radius 1 is 1.18 bits per heavy atom. The number of nitrogens with one attached hydrogen (secondary N) is 1. The summed E-state index contributed by atoms with van der Waals surface area (Å²) in [6, 6.07) is 11.0. The van der Waals surface area contributed by atoms with E-state index < -0.39 is 5.97 Å². The van der Waals surface area contributed by atoms with E-state index in [0.717, 1.165) is 60.6 Å². The summed E-state index contributed by atoms with van der Waals surface area (Å²) in [6.45, 7) is 8.56. The molecule has 0 aliphatic carbocycles. The quantitative estimate of drug-likeness (QED) is 0.425. The summed E-state index contributed by atoms with van der Waals surface area (Å²) in [5, 5.41) is 5.57. The van der Waals surface area contributed by atoms with E-state index in [1.54, 1.807) is 24.3 Å². The van der Waals surface area contributed by atoms with Crippen LogP contribution < -0.4 is 5.32 Å². The lowest BCUT2D eigenvalue weighted by molar-refractivity contribution is -0.184. The number of anilines is 1. The van der Waals surface area contributed by atoms with Crippen LogP contribution in [-0.4, -0.2) is 66.8 Å². The Hall–Kier alpha value is -3.36. The number of hydrogen-bond donors (Lipinski definition) is 1. The largest absolute Gasteiger partial charge is 0.465 e. The monoisotopic (exact) mass is 534 g/mol. The van der Waals surface area contributed by atoms with Crippen molar-refractivity contribution in [1.29, 1.82) is 0 Å². The summed E-state index contributed by atoms with van der Waals surface area (Å²) in [5.74, 6) is 0.447. The van der Waals surface area contributed by atoms with Crippen molar-refractivity contribution in [3.8, 4) is 0 Å². The van der Waals surface area contributed by atoms with Crippen molar-refractivity contribution in [2.75, 3.05) is 39.2 Å². The number of carbonyl (C=O) groups is 1. The molecule has 8 heteroatoms. The maximum Gasteiger partial charge on any atom is 0.339 e. The second-order valence-electron chi connectivity index (χ2n) is 10.5. The lowest BCUT2D eigenvalue weighted by Crippen LogP contribution is -2.54. The van der Waals surface area contributed by atoms with Crippen molar-refractivity contribution in [2.24, 2.45) is 0 Å². The van der Waals surface area contributed by atoms with E-state index in [9.17, 15) is 4.79 Å². The van der Waals surface area contributed by atoms with Crippen molar-refractivity contribution in [1.82, 2.24) is 14.9 Å². The summed E-state index contributed by atoms with van der Waals surface area (Å²) in [6.07, 6.45) is 7.49. The molecule has 3 atom stereocenters. The van der Waals surface area contributed by atoms with Crippen molar-refractivity contribution < 1.29 is 18.8 Å². The summed E-state index contributed by atoms with van der Waals surface area (Å²) < 4.78 is 20.1. The molecule has 39 heavy (non-hydrogen) atoms. The highest BCUT2D eigenvalue weighted by atomic mass is 19.1. The normalized spacial score (nSPS) is 22.5. The zero-order valence-electron chi connectivity index (χ0n) is 23.5. The smallest absolute Gasteiger partial charge is 0.339 e. The number of nitrogens with zero attached hydrogens (tertiary/aromatic N) is 3. The van der Waals surface area contributed by atoms with Crippen LogP contribution in [0.5, 0.6) is 0 Å². The van der Waals surface area contributed by atoms with Gasteiger partial charge in [0.05, 0.1) is 19.3 Å². The lowest BCUT2D eigenvalue weighted by atomic mass is 9.90. The number of para-hydroxylation sites is 1. The Kier molecular flexibility index (Phi) is 7.96. The molecule has 0 aromatic heterocycles. The van der Waals surface area contributed by atoms with Gasteiger partial charge in [-0.1, -0.05) is 25.1 Å². The molecule has 0 amide bonds. The van der Waals surface area contributed by atoms with Gasteiger partial charge in [-0.15, -0.1) is 0 Å². The Labute approximate surface area is 230 Å². The van der Waals surface area contributed by atoms with E-state index in [4.69, 9.17) is 9.57 Å². The average molecular weight is 535 g/mol. The van der Waals surface area contributed by atoms with Gasteiger partial charge >= 0.3 is 5.97 Å². The number of esters is 1. The van der Waals surface area contributed by atoms with Gasteiger partial charge in [0.25, 0.3) is 0 Å². The van der Waals surface area contributed by atoms with Gasteiger partial charge in [-0.05, 0) is 74.6 Å². The minimum atomic E-state index is -0.412. The van der Waals surface area contributed by atoms with Crippen LogP contribution in [0.1, 0.15) is 73.1 Å². The standard InChI is InChI=1S/C31H39FN4O3/c1-6-10-29-27-16-21(32)15-25(20(3)33-28-12-9-8-11-24(28)31(37)38-5)26(27)17-30(34(29)4)36-22-13-14-23(36)19-35(18-22)39-7-2/h8-12,15-17,20,22-23,33H,6-7,13-14,18-19H2,1-5H3. The highest BCUT2D eigenvalue weighted by Gasteiger charge is 2.43. The molecule has 2 aromatic rings. The van der Waals surface area contributed by atoms with Gasteiger partial charge in [-0.3, -0.25) is 4.84 Å². The van der Waals surface area contributed by atoms with Gasteiger partial charge in [0.2, 0.25) is 0 Å². The van der Waals surface area contributed by atoms with E-state index in [-0.39, 0.29) is 11.9 Å². The first-order chi connectivity index (χ1) is 18.9. The lowest BCUT2D eigenvalue weighted by Gasteiger charge is -2.47. The predicted molar refractivity (Wildman–Crippen MR) is 152 cm³/mol. The van der Waals surface area contributed by atoms with E-state index in [1.807, 2.05) is 26.0 Å². The van der Waals surface area contributed by atoms with Crippen LogP contribution in [0.15, 0.2) is 48.3 Å². The molecule has 3 unspecified atom stereocenters. The number of halogens is 1. The first kappa shape index (κ1) is 27.2. The number of methoxy groups -OCH3 is 1. The highest BCUT2D eigenvalue weighted by molar-refractivity contribution is 5.95. The molecule has 7 nitrogen and oxygen atoms in total. The van der Waals surface area contributed by atoms with E-state index in [0.29, 0.717) is 29.9 Å². The molecule has 0 saturated carbocycles. The fourth-order valence-corrected chi connectivity index (χ4v) is 6.32. The first-order valence-corrected chi connectivity index (χ1v) is 14.0. The number of fused-ring (bicyclic) bond motifs is 3. The molecular formula is C31H39FN4O3. The predicted octanol–water partition coefficient (Wildman–Crippen LogP) is 5.88. The van der Waals surface area contributed by atoms with Crippen LogP contribution in [0.2, 0.25) is 0 Å². The number of ether oxygens (including phenoxy) is 1. The number of carbonyl (C=O) groups excluding carboxylic acids is 1. The number of hydroxylamine groups is 2. The average Bonchev–Trinajstić information content (AvgIpc) is 3.19. The van der Waals surface area contributed by atoms with Crippen LogP contribution in [0.25, 0.3) is 11.8 Å². The molecular weight excluding hydrogens is 495 g/mol. The molecule has 0 radical (unpaired) electrons. The molecule has 2 bridgehead atoms. The van der Waals surface area contributed by atoms with Gasteiger partial charge in [-0.25, -0.2) is 9.18 Å². The number of allylic oxidation sites excluding steroid dienone is 1. The third kappa shape index (κ3) is 5.15. The van der Waals surface area contributed by atoms with E-state index in [1.165, 1.54) is 7.11 Å². The molecule has 3 aliphatic rings. The summed E-state index contributed by atoms with van der Waals surface area (Å²) in [4.78, 5) is 23.0. The van der Waals surface area contributed by atoms with Gasteiger partial charge in [0.1, 0.15) is 11.6 Å². The Balaban J connectivity index is 1.56. The maximum atomic E-state index is 15.2. The number of hydrogen-bond acceptors (Lipinski definition) is 7. The fraction of sp³-hybridized carbons (Fsp3) is 0.452. The molecule has 208 valence electrons. The van der Waals surface area contributed by atoms with Crippen molar-refractivity contribution in [3.05, 3.63) is 76.4 Å². The minimum Gasteiger partial charge on any atom is -0.465 e. The van der Waals surface area contributed by atoms with Crippen LogP contribution >= 0.6 is 0 Å². The third-order valence-corrected chi connectivity index (χ3v) is 8.02. The molecule has 2 fully saturated rings. The van der Waals surface area contributed by atoms with E-state index in [2.05, 4.69) is 46.3 Å². The second kappa shape index (κ2) is 11.4. The molecule has 0 spiro atoms. The molecule has 3 heterocycles. The van der Waals surface area contributed by atoms with E-state index >= 15 is 4.39 Å². The number of piperazine rings is 1. The SMILES string of the molecule is CCC=C1c2cc(F)cc(C(C)Nc3ccccc3C(=O)OC)c2C=C(N2C3CCC2CN(OCC)C3)N1C. The van der Waals surface area contributed by atoms with Gasteiger partial charge in [-0.2, -0.15) is 5.06 Å². The van der Waals surface area contributed by atoms with Crippen molar-refractivity contribution in [3.63, 3.8) is 0 Å². The third-order valence-electron chi connectivity index (χ3n) is 8.02. The molecule has 3 aliphatic heterocycles. The minimum absolute atomic E-state index is 0.268. The summed E-state index contributed by atoms with van der Waals surface area (Å²) in [7, 11) is 3.46. The number of rotatable bonds is 8. The Bertz CT molecular complexity index is 1280. The molecule has 1 N–H and O–H groups in total. The zero-order chi connectivity index (χ0) is 27.7. The summed E-state index contributed by atoms with van der Waals surface area (Å²) in [5.41, 5.74) is 4.85. The first-order valence-electron chi connectivity index (χ1n) is 14.0. The van der Waals surface area contributed by atoms with Crippen LogP contribution in [0.3, 0.4) is 0 Å². The molecule has 2 saturated heterocycles. The highest BCUT2D eigenvalue weighted by Crippen LogP contribution is 2.43. The molecule has 5 rings (SSSR count). The second-order valence-corrected chi connectivity index (χ2v) is 10.5. The fourth-order valence-electron chi connectivity index (χ4n) is 6.32. The summed E-state index contributed by atoms with van der Waals surface area (Å²) >= 11 is 0. The van der Waals surface area contributed by atoms with Crippen molar-refractivity contribution >= 4 is 23.4 Å². The Morgan fingerprint density at radius 3 is 2.56 bits per heavy atom.